The third kappa shape index (κ3) is 5.19. The number of fused-ring (bicyclic) bond motifs is 6. The van der Waals surface area contributed by atoms with Gasteiger partial charge in [0, 0.05) is 32.9 Å². The van der Waals surface area contributed by atoms with E-state index in [-0.39, 0.29) is 0 Å². The quantitative estimate of drug-likeness (QED) is 0.151. The topological polar surface area (TPSA) is 9.86 Å². The lowest BCUT2D eigenvalue weighted by molar-refractivity contribution is -0.137. The van der Waals surface area contributed by atoms with Crippen molar-refractivity contribution >= 4 is 43.6 Å². The first kappa shape index (κ1) is 33.7. The third-order valence-electron chi connectivity index (χ3n) is 11.4. The maximum absolute atomic E-state index is 14.0. The van der Waals surface area contributed by atoms with Gasteiger partial charge in [0.1, 0.15) is 0 Å². The summed E-state index contributed by atoms with van der Waals surface area (Å²) >= 11 is 0. The maximum atomic E-state index is 14.0. The lowest BCUT2D eigenvalue weighted by atomic mass is 9.65. The van der Waals surface area contributed by atoms with Gasteiger partial charge in [0.2, 0.25) is 0 Å². The molecule has 0 amide bonds. The average molecular weight is 733 g/mol. The van der Waals surface area contributed by atoms with E-state index in [1.165, 1.54) is 34.0 Å². The van der Waals surface area contributed by atoms with Crippen LogP contribution in [0, 0.1) is 6.92 Å². The predicted octanol–water partition coefficient (Wildman–Crippen LogP) is 13.6. The summed E-state index contributed by atoms with van der Waals surface area (Å²) in [4.78, 5) is 0. The predicted molar refractivity (Wildman–Crippen MR) is 223 cm³/mol. The molecule has 0 fully saturated rings. The van der Waals surface area contributed by atoms with Crippen molar-refractivity contribution in [2.45, 2.75) is 18.5 Å². The highest BCUT2D eigenvalue weighted by molar-refractivity contribution is 6.10. The standard InChI is InChI=1S/C51H35F3N2/c1-34-20-30-44-42-16-8-10-18-46(42)55(48(44)32-34)40-26-21-37(22-27-40)50(35-12-4-2-5-13-35,36-14-6-3-7-15-36)38-23-28-41(29-24-38)56-47-19-11-9-17-43(47)45-31-25-39(33-49(45)56)51(52,53)54/h2-33H,1H3. The van der Waals surface area contributed by atoms with Gasteiger partial charge in [-0.25, -0.2) is 0 Å². The summed E-state index contributed by atoms with van der Waals surface area (Å²) in [6.07, 6.45) is -4.46. The zero-order valence-electron chi connectivity index (χ0n) is 30.5. The highest BCUT2D eigenvalue weighted by Crippen LogP contribution is 2.46. The lowest BCUT2D eigenvalue weighted by Crippen LogP contribution is -2.31. The molecule has 0 radical (unpaired) electrons. The van der Waals surface area contributed by atoms with Crippen molar-refractivity contribution in [1.82, 2.24) is 9.13 Å². The normalized spacial score (nSPS) is 12.3. The molecule has 8 aromatic carbocycles. The summed E-state index contributed by atoms with van der Waals surface area (Å²) in [6, 6.07) is 65.3. The number of aromatic nitrogens is 2. The van der Waals surface area contributed by atoms with E-state index in [0.29, 0.717) is 5.52 Å². The van der Waals surface area contributed by atoms with Crippen LogP contribution in [-0.2, 0) is 11.6 Å². The second-order valence-corrected chi connectivity index (χ2v) is 14.5. The van der Waals surface area contributed by atoms with Crippen LogP contribution in [0.5, 0.6) is 0 Å². The monoisotopic (exact) mass is 732 g/mol. The Morgan fingerprint density at radius 1 is 0.339 bits per heavy atom. The molecular weight excluding hydrogens is 698 g/mol. The van der Waals surface area contributed by atoms with Crippen LogP contribution in [0.4, 0.5) is 13.2 Å². The summed E-state index contributed by atoms with van der Waals surface area (Å²) in [5.41, 5.74) is 9.69. The minimum atomic E-state index is -4.46. The number of alkyl halides is 3. The Kier molecular flexibility index (Phi) is 7.75. The number of benzene rings is 8. The second-order valence-electron chi connectivity index (χ2n) is 14.5. The fourth-order valence-electron chi connectivity index (χ4n) is 8.88. The summed E-state index contributed by atoms with van der Waals surface area (Å²) in [6.45, 7) is 2.13. The molecule has 0 aliphatic heterocycles. The Balaban J connectivity index is 1.18. The van der Waals surface area contributed by atoms with Crippen LogP contribution in [0.2, 0.25) is 0 Å². The maximum Gasteiger partial charge on any atom is 0.416 e. The molecule has 0 N–H and O–H groups in total. The van der Waals surface area contributed by atoms with Crippen molar-refractivity contribution in [2.24, 2.45) is 0 Å². The molecule has 2 heterocycles. The van der Waals surface area contributed by atoms with Gasteiger partial charge in [0.15, 0.2) is 0 Å². The van der Waals surface area contributed by atoms with Gasteiger partial charge in [0.05, 0.1) is 33.0 Å². The molecule has 270 valence electrons. The van der Waals surface area contributed by atoms with Crippen molar-refractivity contribution in [3.63, 3.8) is 0 Å². The Bertz CT molecular complexity index is 3010. The summed E-state index contributed by atoms with van der Waals surface area (Å²) in [7, 11) is 0. The number of hydrogen-bond donors (Lipinski definition) is 0. The minimum absolute atomic E-state index is 0.516. The van der Waals surface area contributed by atoms with Gasteiger partial charge >= 0.3 is 6.18 Å². The number of para-hydroxylation sites is 2. The molecule has 0 spiro atoms. The highest BCUT2D eigenvalue weighted by atomic mass is 19.4. The van der Waals surface area contributed by atoms with Crippen molar-refractivity contribution in [3.05, 3.63) is 228 Å². The molecule has 0 aliphatic carbocycles. The van der Waals surface area contributed by atoms with Crippen LogP contribution in [0.15, 0.2) is 194 Å². The third-order valence-corrected chi connectivity index (χ3v) is 11.4. The lowest BCUT2D eigenvalue weighted by Gasteiger charge is -2.37. The van der Waals surface area contributed by atoms with E-state index in [9.17, 15) is 13.2 Å². The molecule has 56 heavy (non-hydrogen) atoms. The second kappa shape index (κ2) is 12.9. The van der Waals surface area contributed by atoms with Crippen molar-refractivity contribution in [2.75, 3.05) is 0 Å². The van der Waals surface area contributed by atoms with E-state index in [2.05, 4.69) is 139 Å². The van der Waals surface area contributed by atoms with Gasteiger partial charge in [-0.3, -0.25) is 0 Å². The molecule has 10 aromatic rings. The smallest absolute Gasteiger partial charge is 0.309 e. The largest absolute Gasteiger partial charge is 0.416 e. The van der Waals surface area contributed by atoms with E-state index in [1.807, 2.05) is 53.1 Å². The van der Waals surface area contributed by atoms with Gasteiger partial charge in [-0.2, -0.15) is 13.2 Å². The number of nitrogens with zero attached hydrogens (tertiary/aromatic N) is 2. The number of aryl methyl sites for hydroxylation is 1. The Hall–Kier alpha value is -6.85. The first-order valence-electron chi connectivity index (χ1n) is 18.8. The van der Waals surface area contributed by atoms with Crippen LogP contribution in [0.25, 0.3) is 55.0 Å². The van der Waals surface area contributed by atoms with Crippen LogP contribution >= 0.6 is 0 Å². The molecule has 0 saturated heterocycles. The minimum Gasteiger partial charge on any atom is -0.309 e. The van der Waals surface area contributed by atoms with Gasteiger partial charge in [0.25, 0.3) is 0 Å². The molecule has 0 aliphatic rings. The van der Waals surface area contributed by atoms with E-state index in [1.54, 1.807) is 6.07 Å². The molecular formula is C51H35F3N2. The van der Waals surface area contributed by atoms with Crippen LogP contribution < -0.4 is 0 Å². The van der Waals surface area contributed by atoms with Gasteiger partial charge in [-0.1, -0.05) is 140 Å². The fourth-order valence-corrected chi connectivity index (χ4v) is 8.88. The molecule has 10 rings (SSSR count). The molecule has 0 unspecified atom stereocenters. The Morgan fingerprint density at radius 3 is 1.20 bits per heavy atom. The van der Waals surface area contributed by atoms with Gasteiger partial charge < -0.3 is 9.13 Å². The zero-order valence-corrected chi connectivity index (χ0v) is 30.5. The fraction of sp³-hybridized carbons (Fsp3) is 0.0588. The molecule has 0 saturated carbocycles. The molecule has 0 atom stereocenters. The number of halogens is 3. The molecule has 2 nitrogen and oxygen atoms in total. The Labute approximate surface area is 322 Å². The molecule has 5 heteroatoms. The van der Waals surface area contributed by atoms with E-state index >= 15 is 0 Å². The highest BCUT2D eigenvalue weighted by Gasteiger charge is 2.38. The molecule has 0 bridgehead atoms. The van der Waals surface area contributed by atoms with Gasteiger partial charge in [-0.15, -0.1) is 0 Å². The number of hydrogen-bond acceptors (Lipinski definition) is 0. The van der Waals surface area contributed by atoms with Crippen molar-refractivity contribution < 1.29 is 13.2 Å². The van der Waals surface area contributed by atoms with Crippen LogP contribution in [0.3, 0.4) is 0 Å². The van der Waals surface area contributed by atoms with E-state index in [4.69, 9.17) is 0 Å². The summed E-state index contributed by atoms with van der Waals surface area (Å²) in [5, 5.41) is 4.12. The first-order chi connectivity index (χ1) is 27.3. The van der Waals surface area contributed by atoms with E-state index < -0.39 is 17.2 Å². The van der Waals surface area contributed by atoms with Crippen LogP contribution in [-0.4, -0.2) is 9.13 Å². The first-order valence-corrected chi connectivity index (χ1v) is 18.8. The zero-order chi connectivity index (χ0) is 38.0. The van der Waals surface area contributed by atoms with E-state index in [0.717, 1.165) is 55.4 Å². The van der Waals surface area contributed by atoms with Crippen molar-refractivity contribution in [3.8, 4) is 11.4 Å². The van der Waals surface area contributed by atoms with Crippen molar-refractivity contribution in [1.29, 1.82) is 0 Å². The SMILES string of the molecule is Cc1ccc2c3ccccc3n(-c3ccc(C(c4ccccc4)(c4ccccc4)c4ccc(-n5c6ccccc6c6ccc(C(F)(F)F)cc65)cc4)cc3)c2c1. The summed E-state index contributed by atoms with van der Waals surface area (Å²) < 4.78 is 46.4. The summed E-state index contributed by atoms with van der Waals surface area (Å²) in [5.74, 6) is 0. The van der Waals surface area contributed by atoms with Gasteiger partial charge in [-0.05, 0) is 89.3 Å². The van der Waals surface area contributed by atoms with Crippen LogP contribution in [0.1, 0.15) is 33.4 Å². The average Bonchev–Trinajstić information content (AvgIpc) is 3.74. The number of rotatable bonds is 6. The molecule has 2 aromatic heterocycles. The Morgan fingerprint density at radius 2 is 0.714 bits per heavy atom.